The van der Waals surface area contributed by atoms with Crippen LogP contribution in [0.15, 0.2) is 36.7 Å². The molecule has 7 nitrogen and oxygen atoms in total. The third-order valence-corrected chi connectivity index (χ3v) is 4.97. The van der Waals surface area contributed by atoms with Crippen LogP contribution in [-0.2, 0) is 16.0 Å². The van der Waals surface area contributed by atoms with Crippen LogP contribution in [0.5, 0.6) is 0 Å². The zero-order chi connectivity index (χ0) is 19.9. The molecule has 1 aliphatic heterocycles. The summed E-state index contributed by atoms with van der Waals surface area (Å²) in [4.78, 5) is 23.0. The maximum absolute atomic E-state index is 11.8. The highest BCUT2D eigenvalue weighted by Crippen LogP contribution is 2.22. The summed E-state index contributed by atoms with van der Waals surface area (Å²) in [5.74, 6) is 0.638. The van der Waals surface area contributed by atoms with Gasteiger partial charge in [-0.1, -0.05) is 24.3 Å². The zero-order valence-corrected chi connectivity index (χ0v) is 16.2. The molecule has 2 heterocycles. The fraction of sp³-hybridized carbons (Fsp3) is 0.429. The number of aryl methyl sites for hydroxylation is 1. The van der Waals surface area contributed by atoms with Gasteiger partial charge in [0.2, 0.25) is 5.95 Å². The lowest BCUT2D eigenvalue weighted by molar-refractivity contribution is -0.117. The number of ketones is 1. The van der Waals surface area contributed by atoms with Crippen LogP contribution in [0.4, 0.5) is 5.95 Å². The van der Waals surface area contributed by atoms with Gasteiger partial charge in [-0.25, -0.2) is 9.97 Å². The molecule has 3 N–H and O–H groups in total. The monoisotopic (exact) mass is 381 g/mol. The van der Waals surface area contributed by atoms with Crippen molar-refractivity contribution in [3.05, 3.63) is 42.2 Å². The second kappa shape index (κ2) is 9.41. The summed E-state index contributed by atoms with van der Waals surface area (Å²) in [5, 5.41) is 7.20. The maximum atomic E-state index is 11.8. The van der Waals surface area contributed by atoms with Crippen LogP contribution < -0.4 is 10.6 Å². The number of rotatable bonds is 8. The Balaban J connectivity index is 1.65. The van der Waals surface area contributed by atoms with Gasteiger partial charge in [0.1, 0.15) is 5.78 Å². The third-order valence-electron chi connectivity index (χ3n) is 4.97. The topological polar surface area (TPSA) is 105 Å². The minimum Gasteiger partial charge on any atom is -0.387 e. The molecule has 0 radical (unpaired) electrons. The molecule has 148 valence electrons. The second-order valence-electron chi connectivity index (χ2n) is 7.16. The number of hydrogen-bond acceptors (Lipinski definition) is 6. The molecule has 2 aromatic rings. The Morgan fingerprint density at radius 2 is 2.11 bits per heavy atom. The van der Waals surface area contributed by atoms with Crippen LogP contribution in [-0.4, -0.2) is 47.9 Å². The summed E-state index contributed by atoms with van der Waals surface area (Å²) >= 11 is 0. The molecule has 1 unspecified atom stereocenters. The smallest absolute Gasteiger partial charge is 0.225 e. The van der Waals surface area contributed by atoms with Crippen molar-refractivity contribution in [2.24, 2.45) is 5.73 Å². The summed E-state index contributed by atoms with van der Waals surface area (Å²) in [7, 11) is 1.75. The highest BCUT2D eigenvalue weighted by Gasteiger charge is 2.21. The number of nitrogens with two attached hydrogens (primary N) is 1. The van der Waals surface area contributed by atoms with Gasteiger partial charge in [0.25, 0.3) is 0 Å². The zero-order valence-electron chi connectivity index (χ0n) is 16.2. The predicted octanol–water partition coefficient (Wildman–Crippen LogP) is 2.59. The van der Waals surface area contributed by atoms with Crippen LogP contribution in [0.2, 0.25) is 0 Å². The normalized spacial score (nSPS) is 16.8. The molecule has 28 heavy (non-hydrogen) atoms. The van der Waals surface area contributed by atoms with Crippen molar-refractivity contribution in [2.75, 3.05) is 25.1 Å². The summed E-state index contributed by atoms with van der Waals surface area (Å²) in [5.41, 5.74) is 8.32. The van der Waals surface area contributed by atoms with Crippen LogP contribution >= 0.6 is 0 Å². The number of aromatic nitrogens is 2. The van der Waals surface area contributed by atoms with Gasteiger partial charge in [-0.3, -0.25) is 10.2 Å². The molecule has 7 heteroatoms. The minimum absolute atomic E-state index is 0.0125. The largest absolute Gasteiger partial charge is 0.387 e. The van der Waals surface area contributed by atoms with Gasteiger partial charge in [-0.05, 0) is 30.4 Å². The van der Waals surface area contributed by atoms with Crippen molar-refractivity contribution >= 4 is 17.6 Å². The van der Waals surface area contributed by atoms with E-state index in [0.29, 0.717) is 12.8 Å². The fourth-order valence-corrected chi connectivity index (χ4v) is 3.44. The van der Waals surface area contributed by atoms with Crippen molar-refractivity contribution in [1.29, 1.82) is 5.41 Å². The summed E-state index contributed by atoms with van der Waals surface area (Å²) in [6.07, 6.45) is 7.12. The van der Waals surface area contributed by atoms with Crippen molar-refractivity contribution < 1.29 is 9.53 Å². The van der Waals surface area contributed by atoms with Crippen LogP contribution in [0.3, 0.4) is 0 Å². The first kappa shape index (κ1) is 19.9. The molecule has 3 rings (SSSR count). The third kappa shape index (κ3) is 5.36. The number of ether oxygens (including phenoxy) is 1. The van der Waals surface area contributed by atoms with Crippen LogP contribution in [0.25, 0.3) is 11.1 Å². The Morgan fingerprint density at radius 3 is 2.82 bits per heavy atom. The summed E-state index contributed by atoms with van der Waals surface area (Å²) in [6, 6.07) is 8.04. The van der Waals surface area contributed by atoms with E-state index in [1.165, 1.54) is 0 Å². The SMILES string of the molecule is COC1CCCN(c2ncc(-c3cccc(CCC(=O)CC(=N)N)c3)cn2)C1. The molecule has 0 bridgehead atoms. The van der Waals surface area contributed by atoms with Gasteiger partial charge in [0.05, 0.1) is 18.4 Å². The molecule has 1 aromatic carbocycles. The Morgan fingerprint density at radius 1 is 1.32 bits per heavy atom. The molecule has 1 saturated heterocycles. The first-order chi connectivity index (χ1) is 13.5. The molecule has 1 fully saturated rings. The quantitative estimate of drug-likeness (QED) is 0.538. The van der Waals surface area contributed by atoms with Crippen molar-refractivity contribution in [2.45, 2.75) is 38.2 Å². The Labute approximate surface area is 165 Å². The van der Waals surface area contributed by atoms with E-state index in [-0.39, 0.29) is 24.1 Å². The molecular weight excluding hydrogens is 354 g/mol. The van der Waals surface area contributed by atoms with E-state index in [1.54, 1.807) is 7.11 Å². The van der Waals surface area contributed by atoms with Gasteiger partial charge in [-0.2, -0.15) is 0 Å². The highest BCUT2D eigenvalue weighted by molar-refractivity contribution is 5.98. The lowest BCUT2D eigenvalue weighted by atomic mass is 10.0. The predicted molar refractivity (Wildman–Crippen MR) is 110 cm³/mol. The highest BCUT2D eigenvalue weighted by atomic mass is 16.5. The Kier molecular flexibility index (Phi) is 6.71. The van der Waals surface area contributed by atoms with E-state index in [4.69, 9.17) is 15.9 Å². The maximum Gasteiger partial charge on any atom is 0.225 e. The average molecular weight is 381 g/mol. The van der Waals surface area contributed by atoms with Gasteiger partial charge in [0, 0.05) is 44.6 Å². The molecule has 0 spiro atoms. The van der Waals surface area contributed by atoms with Crippen molar-refractivity contribution in [1.82, 2.24) is 9.97 Å². The fourth-order valence-electron chi connectivity index (χ4n) is 3.44. The first-order valence-electron chi connectivity index (χ1n) is 9.59. The van der Waals surface area contributed by atoms with Crippen molar-refractivity contribution in [3.63, 3.8) is 0 Å². The van der Waals surface area contributed by atoms with Crippen molar-refractivity contribution in [3.8, 4) is 11.1 Å². The number of anilines is 1. The van der Waals surface area contributed by atoms with Gasteiger partial charge < -0.3 is 15.4 Å². The molecular formula is C21H27N5O2. The molecule has 1 aromatic heterocycles. The number of Topliss-reactive ketones (excluding diaryl/α,β-unsaturated/α-hetero) is 1. The van der Waals surface area contributed by atoms with E-state index in [2.05, 4.69) is 20.9 Å². The lowest BCUT2D eigenvalue weighted by Crippen LogP contribution is -2.40. The van der Waals surface area contributed by atoms with Gasteiger partial charge in [-0.15, -0.1) is 0 Å². The van der Waals surface area contributed by atoms with E-state index in [0.717, 1.165) is 48.6 Å². The first-order valence-corrected chi connectivity index (χ1v) is 9.59. The van der Waals surface area contributed by atoms with E-state index in [1.807, 2.05) is 30.6 Å². The second-order valence-corrected chi connectivity index (χ2v) is 7.16. The number of amidine groups is 1. The average Bonchev–Trinajstić information content (AvgIpc) is 2.72. The van der Waals surface area contributed by atoms with Crippen LogP contribution in [0, 0.1) is 5.41 Å². The number of nitrogens with one attached hydrogen (secondary N) is 1. The molecule has 1 aliphatic rings. The number of piperidine rings is 1. The standard InChI is InChI=1S/C21H27N5O2/c1-28-19-6-3-9-26(14-19)21-24-12-17(13-25-21)16-5-2-4-15(10-16)7-8-18(27)11-20(22)23/h2,4-5,10,12-13,19H,3,6-9,11,14H2,1H3,(H3,22,23). The van der Waals surface area contributed by atoms with E-state index >= 15 is 0 Å². The number of methoxy groups -OCH3 is 1. The van der Waals surface area contributed by atoms with E-state index in [9.17, 15) is 4.79 Å². The number of benzene rings is 1. The van der Waals surface area contributed by atoms with E-state index < -0.39 is 0 Å². The minimum atomic E-state index is -0.0819. The molecule has 0 aliphatic carbocycles. The lowest BCUT2D eigenvalue weighted by Gasteiger charge is -2.31. The van der Waals surface area contributed by atoms with Gasteiger partial charge >= 0.3 is 0 Å². The molecule has 1 atom stereocenters. The molecule has 0 amide bonds. The molecule has 0 saturated carbocycles. The van der Waals surface area contributed by atoms with Gasteiger partial charge in [0.15, 0.2) is 0 Å². The number of carbonyl (C=O) groups is 1. The number of carbonyl (C=O) groups excluding carboxylic acids is 1. The summed E-state index contributed by atoms with van der Waals surface area (Å²) < 4.78 is 5.47. The Bertz CT molecular complexity index is 822. The number of nitrogens with zero attached hydrogens (tertiary/aromatic N) is 3. The Hall–Kier alpha value is -2.80. The van der Waals surface area contributed by atoms with Crippen LogP contribution in [0.1, 0.15) is 31.2 Å². The summed E-state index contributed by atoms with van der Waals surface area (Å²) in [6.45, 7) is 1.77. The number of hydrogen-bond donors (Lipinski definition) is 2.